The van der Waals surface area contributed by atoms with Crippen LogP contribution in [0.1, 0.15) is 38.3 Å². The van der Waals surface area contributed by atoms with Crippen LogP contribution in [0.15, 0.2) is 36.4 Å². The number of methoxy groups -OCH3 is 2. The zero-order chi connectivity index (χ0) is 24.3. The summed E-state index contributed by atoms with van der Waals surface area (Å²) in [6.07, 6.45) is -12.1. The Hall–Kier alpha value is -2.81. The quantitative estimate of drug-likeness (QED) is 0.274. The first-order valence-electron chi connectivity index (χ1n) is 8.92. The second-order valence-corrected chi connectivity index (χ2v) is 8.24. The summed E-state index contributed by atoms with van der Waals surface area (Å²) in [5, 5.41) is 0. The average molecular weight is 482 g/mol. The molecule has 2 rings (SSSR count). The number of halogens is 6. The number of hydrogen-bond acceptors (Lipinski definition) is 5. The highest BCUT2D eigenvalue weighted by Gasteiger charge is 2.42. The van der Waals surface area contributed by atoms with Crippen molar-refractivity contribution in [2.24, 2.45) is 0 Å². The highest BCUT2D eigenvalue weighted by atomic mass is 31.1. The van der Waals surface area contributed by atoms with E-state index in [0.717, 1.165) is 0 Å². The number of carbonyl (C=O) groups excluding carboxylic acids is 2. The Balaban J connectivity index is 2.35. The monoisotopic (exact) mass is 482 g/mol. The summed E-state index contributed by atoms with van der Waals surface area (Å²) >= 11 is 0. The lowest BCUT2D eigenvalue weighted by molar-refractivity contribution is -0.143. The van der Waals surface area contributed by atoms with Crippen LogP contribution < -0.4 is 9.47 Å². The molecular formula is C20H17F6O5P. The summed E-state index contributed by atoms with van der Waals surface area (Å²) in [5.41, 5.74) is -6.24. The molecule has 0 amide bonds. The Morgan fingerprint density at radius 1 is 0.812 bits per heavy atom. The van der Waals surface area contributed by atoms with Gasteiger partial charge in [-0.25, -0.2) is 0 Å². The molecule has 0 aliphatic heterocycles. The van der Waals surface area contributed by atoms with Crippen molar-refractivity contribution in [1.29, 1.82) is 0 Å². The lowest BCUT2D eigenvalue weighted by atomic mass is 9.95. The molecule has 174 valence electrons. The van der Waals surface area contributed by atoms with Gasteiger partial charge in [0.2, 0.25) is 5.52 Å². The molecule has 12 heteroatoms. The number of rotatable bonds is 8. The Kier molecular flexibility index (Phi) is 7.77. The second-order valence-electron chi connectivity index (χ2n) is 6.44. The van der Waals surface area contributed by atoms with E-state index in [2.05, 4.69) is 0 Å². The summed E-state index contributed by atoms with van der Waals surface area (Å²) in [6, 6.07) is 5.51. The predicted octanol–water partition coefficient (Wildman–Crippen LogP) is 5.71. The fourth-order valence-electron chi connectivity index (χ4n) is 3.01. The number of ether oxygens (including phenoxy) is 2. The molecule has 5 nitrogen and oxygen atoms in total. The van der Waals surface area contributed by atoms with Crippen molar-refractivity contribution in [3.05, 3.63) is 58.7 Å². The number of hydrogen-bond donors (Lipinski definition) is 0. The van der Waals surface area contributed by atoms with Gasteiger partial charge in [-0.3, -0.25) is 9.59 Å². The van der Waals surface area contributed by atoms with Gasteiger partial charge in [-0.05, 0) is 24.3 Å². The SMILES string of the molecule is COc1cccc(OC)c1C(=O)[PH](=O)CCC(=O)c1c(C(F)(F)F)cccc1C(F)(F)F. The van der Waals surface area contributed by atoms with Gasteiger partial charge in [0.1, 0.15) is 24.9 Å². The summed E-state index contributed by atoms with van der Waals surface area (Å²) < 4.78 is 102. The smallest absolute Gasteiger partial charge is 0.417 e. The zero-order valence-corrected chi connectivity index (χ0v) is 17.7. The van der Waals surface area contributed by atoms with Gasteiger partial charge in [-0.15, -0.1) is 0 Å². The van der Waals surface area contributed by atoms with E-state index in [4.69, 9.17) is 9.47 Å². The molecule has 1 unspecified atom stereocenters. The first kappa shape index (κ1) is 25.5. The van der Waals surface area contributed by atoms with E-state index < -0.39 is 60.7 Å². The maximum absolute atomic E-state index is 13.2. The van der Waals surface area contributed by atoms with Crippen LogP contribution in [0, 0.1) is 0 Å². The number of ketones is 1. The van der Waals surface area contributed by atoms with E-state index in [1.165, 1.54) is 32.4 Å². The van der Waals surface area contributed by atoms with Crippen LogP contribution in [0.2, 0.25) is 0 Å². The summed E-state index contributed by atoms with van der Waals surface area (Å²) in [5.74, 6) is -1.50. The van der Waals surface area contributed by atoms with Gasteiger partial charge in [0.05, 0.1) is 25.3 Å². The average Bonchev–Trinajstić information content (AvgIpc) is 2.74. The topological polar surface area (TPSA) is 69.7 Å². The second kappa shape index (κ2) is 9.77. The fraction of sp³-hybridized carbons (Fsp3) is 0.300. The van der Waals surface area contributed by atoms with Crippen molar-refractivity contribution >= 4 is 19.1 Å². The highest BCUT2D eigenvalue weighted by molar-refractivity contribution is 7.64. The van der Waals surface area contributed by atoms with E-state index in [1.54, 1.807) is 0 Å². The van der Waals surface area contributed by atoms with E-state index in [-0.39, 0.29) is 17.1 Å². The number of alkyl halides is 6. The molecule has 2 aromatic carbocycles. The first-order chi connectivity index (χ1) is 14.8. The van der Waals surface area contributed by atoms with Crippen LogP contribution >= 0.6 is 7.80 Å². The van der Waals surface area contributed by atoms with Crippen LogP contribution in [0.5, 0.6) is 11.5 Å². The summed E-state index contributed by atoms with van der Waals surface area (Å²) in [7, 11) is -0.843. The molecule has 0 saturated carbocycles. The predicted molar refractivity (Wildman–Crippen MR) is 103 cm³/mol. The molecule has 1 atom stereocenters. The maximum Gasteiger partial charge on any atom is 0.417 e. The molecule has 0 N–H and O–H groups in total. The van der Waals surface area contributed by atoms with Gasteiger partial charge < -0.3 is 14.0 Å². The zero-order valence-electron chi connectivity index (χ0n) is 16.7. The normalized spacial score (nSPS) is 12.9. The number of carbonyl (C=O) groups is 2. The minimum absolute atomic E-state index is 0.0146. The molecule has 0 bridgehead atoms. The molecule has 32 heavy (non-hydrogen) atoms. The van der Waals surface area contributed by atoms with Crippen molar-refractivity contribution in [2.75, 3.05) is 20.4 Å². The van der Waals surface area contributed by atoms with Crippen LogP contribution in [-0.2, 0) is 16.9 Å². The third-order valence-corrected chi connectivity index (χ3v) is 5.90. The molecule has 0 radical (unpaired) electrons. The Bertz CT molecular complexity index is 991. The van der Waals surface area contributed by atoms with Crippen molar-refractivity contribution in [3.63, 3.8) is 0 Å². The molecular weight excluding hydrogens is 465 g/mol. The van der Waals surface area contributed by atoms with E-state index in [9.17, 15) is 40.5 Å². The number of Topliss-reactive ketones (excluding diaryl/α,β-unsaturated/α-hetero) is 1. The highest BCUT2D eigenvalue weighted by Crippen LogP contribution is 2.41. The van der Waals surface area contributed by atoms with Crippen molar-refractivity contribution < 1.29 is 50.0 Å². The van der Waals surface area contributed by atoms with E-state index in [1.807, 2.05) is 0 Å². The third-order valence-electron chi connectivity index (χ3n) is 4.44. The Labute approximate surface area is 179 Å². The number of benzene rings is 2. The van der Waals surface area contributed by atoms with Gasteiger partial charge >= 0.3 is 12.4 Å². The molecule has 0 fully saturated rings. The minimum Gasteiger partial charge on any atom is -0.496 e. The first-order valence-corrected chi connectivity index (χ1v) is 10.5. The van der Waals surface area contributed by atoms with Crippen LogP contribution in [0.4, 0.5) is 26.3 Å². The van der Waals surface area contributed by atoms with Gasteiger partial charge in [0.15, 0.2) is 5.78 Å². The lowest BCUT2D eigenvalue weighted by Gasteiger charge is -2.17. The molecule has 0 aliphatic rings. The van der Waals surface area contributed by atoms with E-state index in [0.29, 0.717) is 18.2 Å². The van der Waals surface area contributed by atoms with Crippen LogP contribution in [-0.4, -0.2) is 31.7 Å². The standard InChI is InChI=1S/C20H17F6O5P/c1-30-14-7-4-8-15(31-2)17(14)18(28)32(29)10-9-13(27)16-11(19(21,22)23)5-3-6-12(16)20(24,25)26/h3-8,32H,9-10H2,1-2H3. The van der Waals surface area contributed by atoms with Gasteiger partial charge in [0, 0.05) is 18.1 Å². The van der Waals surface area contributed by atoms with Crippen LogP contribution in [0.25, 0.3) is 0 Å². The van der Waals surface area contributed by atoms with Gasteiger partial charge in [-0.1, -0.05) is 12.1 Å². The molecule has 0 aromatic heterocycles. The van der Waals surface area contributed by atoms with E-state index >= 15 is 0 Å². The fourth-order valence-corrected chi connectivity index (χ4v) is 4.21. The Morgan fingerprint density at radius 2 is 1.25 bits per heavy atom. The molecule has 2 aromatic rings. The van der Waals surface area contributed by atoms with Crippen molar-refractivity contribution in [1.82, 2.24) is 0 Å². The lowest BCUT2D eigenvalue weighted by Crippen LogP contribution is -2.20. The summed E-state index contributed by atoms with van der Waals surface area (Å²) in [6.45, 7) is 0. The maximum atomic E-state index is 13.2. The van der Waals surface area contributed by atoms with Crippen molar-refractivity contribution in [3.8, 4) is 11.5 Å². The molecule has 0 aliphatic carbocycles. The van der Waals surface area contributed by atoms with Gasteiger partial charge in [0.25, 0.3) is 0 Å². The van der Waals surface area contributed by atoms with Crippen molar-refractivity contribution in [2.45, 2.75) is 18.8 Å². The third kappa shape index (κ3) is 5.51. The summed E-state index contributed by atoms with van der Waals surface area (Å²) in [4.78, 5) is 25.0. The molecule has 0 saturated heterocycles. The largest absolute Gasteiger partial charge is 0.496 e. The molecule has 0 spiro atoms. The minimum atomic E-state index is -5.22. The molecule has 0 heterocycles. The Morgan fingerprint density at radius 3 is 1.66 bits per heavy atom. The van der Waals surface area contributed by atoms with Gasteiger partial charge in [-0.2, -0.15) is 26.3 Å². The van der Waals surface area contributed by atoms with Crippen LogP contribution in [0.3, 0.4) is 0 Å².